The second-order valence-electron chi connectivity index (χ2n) is 10.1. The lowest BCUT2D eigenvalue weighted by Gasteiger charge is -2.27. The molecular weight excluding hydrogens is 478 g/mol. The first-order chi connectivity index (χ1) is 18.5. The van der Waals surface area contributed by atoms with E-state index in [1.165, 1.54) is 6.42 Å². The van der Waals surface area contributed by atoms with Gasteiger partial charge in [0.2, 0.25) is 0 Å². The Hall–Kier alpha value is -3.49. The van der Waals surface area contributed by atoms with Crippen LogP contribution in [0, 0.1) is 0 Å². The van der Waals surface area contributed by atoms with Gasteiger partial charge in [0, 0.05) is 67.1 Å². The summed E-state index contributed by atoms with van der Waals surface area (Å²) in [5.41, 5.74) is 5.52. The fraction of sp³-hybridized carbons (Fsp3) is 0.433. The first-order valence-corrected chi connectivity index (χ1v) is 13.4. The third-order valence-electron chi connectivity index (χ3n) is 7.00. The third-order valence-corrected chi connectivity index (χ3v) is 7.00. The zero-order valence-electron chi connectivity index (χ0n) is 22.7. The highest BCUT2D eigenvalue weighted by atomic mass is 16.5. The summed E-state index contributed by atoms with van der Waals surface area (Å²) in [5, 5.41) is 3.52. The molecule has 2 aliphatic rings. The number of aliphatic imine (C=N–C) groups is 1. The molecule has 38 heavy (non-hydrogen) atoms. The van der Waals surface area contributed by atoms with Crippen LogP contribution in [-0.4, -0.2) is 68.3 Å². The van der Waals surface area contributed by atoms with Crippen molar-refractivity contribution >= 4 is 34.2 Å². The minimum absolute atomic E-state index is 0.0566. The number of fused-ring (bicyclic) bond motifs is 1. The van der Waals surface area contributed by atoms with Gasteiger partial charge in [0.25, 0.3) is 0 Å². The van der Waals surface area contributed by atoms with Gasteiger partial charge in [-0.1, -0.05) is 13.8 Å². The molecule has 2 unspecified atom stereocenters. The van der Waals surface area contributed by atoms with Crippen molar-refractivity contribution in [1.82, 2.24) is 15.3 Å². The number of anilines is 2. The van der Waals surface area contributed by atoms with Crippen LogP contribution in [0.2, 0.25) is 0 Å². The number of rotatable bonds is 10. The predicted molar refractivity (Wildman–Crippen MR) is 153 cm³/mol. The molecule has 3 heterocycles. The van der Waals surface area contributed by atoms with Crippen molar-refractivity contribution in [2.24, 2.45) is 4.99 Å². The second-order valence-corrected chi connectivity index (χ2v) is 10.1. The minimum Gasteiger partial charge on any atom is -0.497 e. The van der Waals surface area contributed by atoms with E-state index in [2.05, 4.69) is 42.3 Å². The van der Waals surface area contributed by atoms with Crippen molar-refractivity contribution in [1.29, 1.82) is 0 Å². The molecule has 0 bridgehead atoms. The van der Waals surface area contributed by atoms with Crippen LogP contribution in [0.3, 0.4) is 0 Å². The van der Waals surface area contributed by atoms with Crippen molar-refractivity contribution in [2.75, 3.05) is 38.8 Å². The zero-order valence-corrected chi connectivity index (χ0v) is 22.7. The Labute approximate surface area is 224 Å². The maximum atomic E-state index is 5.96. The summed E-state index contributed by atoms with van der Waals surface area (Å²) in [7, 11) is 3.34. The molecule has 200 valence electrons. The summed E-state index contributed by atoms with van der Waals surface area (Å²) >= 11 is 0. The Balaban J connectivity index is 1.47. The maximum Gasteiger partial charge on any atom is 0.124 e. The molecule has 8 nitrogen and oxygen atoms in total. The molecule has 1 saturated heterocycles. The molecule has 3 aromatic rings. The van der Waals surface area contributed by atoms with Gasteiger partial charge >= 0.3 is 0 Å². The van der Waals surface area contributed by atoms with E-state index in [9.17, 15) is 0 Å². The molecule has 8 heteroatoms. The molecule has 1 N–H and O–H groups in total. The number of nitrogens with zero attached hydrogens (tertiary/aromatic N) is 4. The number of aromatic nitrogens is 2. The topological polar surface area (TPSA) is 81.1 Å². The molecule has 2 atom stereocenters. The monoisotopic (exact) mass is 515 g/mol. The van der Waals surface area contributed by atoms with E-state index in [1.807, 2.05) is 36.7 Å². The summed E-state index contributed by atoms with van der Waals surface area (Å²) in [6, 6.07) is 12.6. The number of hydrogen-bond donors (Lipinski definition) is 1. The summed E-state index contributed by atoms with van der Waals surface area (Å²) in [6.07, 6.45) is 9.45. The fourth-order valence-electron chi connectivity index (χ4n) is 4.95. The number of methoxy groups -OCH3 is 2. The molecule has 2 aromatic carbocycles. The van der Waals surface area contributed by atoms with E-state index < -0.39 is 0 Å². The average molecular weight is 516 g/mol. The lowest BCUT2D eigenvalue weighted by atomic mass is 10.0. The van der Waals surface area contributed by atoms with Crippen molar-refractivity contribution in [3.8, 4) is 11.5 Å². The third kappa shape index (κ3) is 5.97. The van der Waals surface area contributed by atoms with Gasteiger partial charge in [-0.05, 0) is 43.5 Å². The second kappa shape index (κ2) is 11.9. The lowest BCUT2D eigenvalue weighted by Crippen LogP contribution is -2.32. The van der Waals surface area contributed by atoms with E-state index in [1.54, 1.807) is 14.2 Å². The molecule has 0 amide bonds. The highest BCUT2D eigenvalue weighted by molar-refractivity contribution is 6.11. The highest BCUT2D eigenvalue weighted by Crippen LogP contribution is 2.34. The predicted octanol–water partition coefficient (Wildman–Crippen LogP) is 5.19. The molecule has 5 rings (SSSR count). The van der Waals surface area contributed by atoms with E-state index in [0.717, 1.165) is 77.7 Å². The summed E-state index contributed by atoms with van der Waals surface area (Å²) in [5.74, 6) is 1.49. The molecule has 1 aromatic heterocycles. The van der Waals surface area contributed by atoms with E-state index in [4.69, 9.17) is 29.2 Å². The Morgan fingerprint density at radius 3 is 2.55 bits per heavy atom. The molecule has 0 spiro atoms. The van der Waals surface area contributed by atoms with Gasteiger partial charge in [-0.25, -0.2) is 4.98 Å². The molecule has 2 aliphatic heterocycles. The smallest absolute Gasteiger partial charge is 0.124 e. The molecule has 0 aliphatic carbocycles. The average Bonchev–Trinajstić information content (AvgIpc) is 3.45. The van der Waals surface area contributed by atoms with E-state index >= 15 is 0 Å². The molecule has 1 fully saturated rings. The molecule has 0 saturated carbocycles. The SMILES string of the molecule is COc1cc(OC)cc(N(CCNC(C)C)c2ccc3ncc(C4=CC(C5CCCCO5)N=C4)nc3c2)c1. The number of hydrogen-bond acceptors (Lipinski definition) is 8. The highest BCUT2D eigenvalue weighted by Gasteiger charge is 2.25. The molecule has 0 radical (unpaired) electrons. The Morgan fingerprint density at radius 1 is 1.03 bits per heavy atom. The van der Waals surface area contributed by atoms with Gasteiger partial charge in [0.1, 0.15) is 11.5 Å². The van der Waals surface area contributed by atoms with E-state index in [0.29, 0.717) is 6.04 Å². The first-order valence-electron chi connectivity index (χ1n) is 13.4. The number of allylic oxidation sites excluding steroid dienone is 1. The number of nitrogens with one attached hydrogen (secondary N) is 1. The largest absolute Gasteiger partial charge is 0.497 e. The lowest BCUT2D eigenvalue weighted by molar-refractivity contribution is 0.0101. The van der Waals surface area contributed by atoms with Crippen molar-refractivity contribution in [2.45, 2.75) is 51.3 Å². The van der Waals surface area contributed by atoms with Crippen molar-refractivity contribution in [3.05, 3.63) is 54.4 Å². The van der Waals surface area contributed by atoms with Crippen LogP contribution < -0.4 is 19.7 Å². The van der Waals surface area contributed by atoms with Crippen LogP contribution in [0.15, 0.2) is 53.7 Å². The first kappa shape index (κ1) is 26.1. The Morgan fingerprint density at radius 2 is 1.84 bits per heavy atom. The summed E-state index contributed by atoms with van der Waals surface area (Å²) < 4.78 is 17.1. The van der Waals surface area contributed by atoms with Gasteiger partial charge in [0.05, 0.1) is 49.3 Å². The number of ether oxygens (including phenoxy) is 3. The van der Waals surface area contributed by atoms with Crippen LogP contribution in [0.25, 0.3) is 16.6 Å². The van der Waals surface area contributed by atoms with Crippen LogP contribution in [-0.2, 0) is 4.74 Å². The zero-order chi connectivity index (χ0) is 26.5. The van der Waals surface area contributed by atoms with Crippen LogP contribution in [0.1, 0.15) is 38.8 Å². The normalized spacial score (nSPS) is 19.1. The summed E-state index contributed by atoms with van der Waals surface area (Å²) in [6.45, 7) is 6.69. The van der Waals surface area contributed by atoms with E-state index in [-0.39, 0.29) is 12.1 Å². The number of benzene rings is 2. The Kier molecular flexibility index (Phi) is 8.20. The Bertz CT molecular complexity index is 1290. The quantitative estimate of drug-likeness (QED) is 0.398. The van der Waals surface area contributed by atoms with Gasteiger partial charge in [-0.15, -0.1) is 0 Å². The van der Waals surface area contributed by atoms with Gasteiger partial charge in [-0.2, -0.15) is 0 Å². The van der Waals surface area contributed by atoms with Crippen LogP contribution in [0.4, 0.5) is 11.4 Å². The fourth-order valence-corrected chi connectivity index (χ4v) is 4.95. The van der Waals surface area contributed by atoms with Gasteiger partial charge < -0.3 is 24.4 Å². The van der Waals surface area contributed by atoms with Gasteiger partial charge in [0.15, 0.2) is 0 Å². The minimum atomic E-state index is 0.0566. The van der Waals surface area contributed by atoms with Crippen LogP contribution in [0.5, 0.6) is 11.5 Å². The van der Waals surface area contributed by atoms with Crippen molar-refractivity contribution < 1.29 is 14.2 Å². The summed E-state index contributed by atoms with van der Waals surface area (Å²) in [4.78, 5) is 16.7. The van der Waals surface area contributed by atoms with Gasteiger partial charge in [-0.3, -0.25) is 9.98 Å². The van der Waals surface area contributed by atoms with Crippen LogP contribution >= 0.6 is 0 Å². The standard InChI is InChI=1S/C30H37N5O3/c1-20(2)31-10-11-35(23-14-24(36-3)17-25(15-23)37-4)22-8-9-26-27(16-22)34-29(19-33-26)21-13-28(32-18-21)30-7-5-6-12-38-30/h8-9,13-20,28,30-31H,5-7,10-12H2,1-4H3. The molecular formula is C30H37N5O3. The van der Waals surface area contributed by atoms with Crippen molar-refractivity contribution in [3.63, 3.8) is 0 Å². The maximum absolute atomic E-state index is 5.96.